The Kier molecular flexibility index (Phi) is 5.83. The fourth-order valence-corrected chi connectivity index (χ4v) is 4.38. The highest BCUT2D eigenvalue weighted by molar-refractivity contribution is 7.72. The van der Waals surface area contributed by atoms with Crippen molar-refractivity contribution in [1.29, 1.82) is 0 Å². The fourth-order valence-electron chi connectivity index (χ4n) is 1.15. The molecule has 0 aliphatic carbocycles. The summed E-state index contributed by atoms with van der Waals surface area (Å²) in [5, 5.41) is 7.14. The van der Waals surface area contributed by atoms with Gasteiger partial charge in [-0.3, -0.25) is 9.13 Å². The normalized spacial score (nSPS) is 23.1. The molecule has 0 aliphatic rings. The first-order chi connectivity index (χ1) is 7.18. The number of hydrogen-bond acceptors (Lipinski definition) is 5. The van der Waals surface area contributed by atoms with E-state index in [0.717, 1.165) is 14.2 Å². The van der Waals surface area contributed by atoms with Crippen LogP contribution in [0.3, 0.4) is 0 Å². The monoisotopic (exact) mass is 276 g/mol. The summed E-state index contributed by atoms with van der Waals surface area (Å²) in [6.07, 6.45) is 0.515. The lowest BCUT2D eigenvalue weighted by atomic mass is 10.3. The van der Waals surface area contributed by atoms with Gasteiger partial charge in [-0.25, -0.2) is 0 Å². The van der Waals surface area contributed by atoms with Crippen LogP contribution in [-0.4, -0.2) is 34.2 Å². The van der Waals surface area contributed by atoms with Gasteiger partial charge in [0.2, 0.25) is 0 Å². The molecule has 2 unspecified atom stereocenters. The van der Waals surface area contributed by atoms with Gasteiger partial charge >= 0.3 is 15.2 Å². The van der Waals surface area contributed by atoms with Crippen molar-refractivity contribution in [2.24, 2.45) is 0 Å². The van der Waals surface area contributed by atoms with Gasteiger partial charge in [-0.05, 0) is 12.8 Å². The average Bonchev–Trinajstić information content (AvgIpc) is 2.25. The van der Waals surface area contributed by atoms with Crippen molar-refractivity contribution in [3.05, 3.63) is 0 Å². The van der Waals surface area contributed by atoms with Gasteiger partial charge in [0.15, 0.2) is 0 Å². The molecule has 2 atom stereocenters. The SMILES string of the molecule is CCCCC(O)(P(=O)(O)OC)P(=O)(O)OC. The molecule has 98 valence electrons. The van der Waals surface area contributed by atoms with Gasteiger partial charge in [0.1, 0.15) is 0 Å². The highest BCUT2D eigenvalue weighted by Gasteiger charge is 2.60. The van der Waals surface area contributed by atoms with E-state index in [1.54, 1.807) is 6.92 Å². The van der Waals surface area contributed by atoms with Crippen molar-refractivity contribution < 1.29 is 33.1 Å². The molecule has 0 radical (unpaired) electrons. The smallest absolute Gasteiger partial charge is 0.368 e. The number of rotatable bonds is 7. The highest BCUT2D eigenvalue weighted by Crippen LogP contribution is 2.73. The maximum absolute atomic E-state index is 11.6. The second-order valence-electron chi connectivity index (χ2n) is 3.28. The summed E-state index contributed by atoms with van der Waals surface area (Å²) in [6, 6.07) is 0. The molecule has 0 bridgehead atoms. The lowest BCUT2D eigenvalue weighted by molar-refractivity contribution is 0.108. The van der Waals surface area contributed by atoms with Crippen molar-refractivity contribution >= 4 is 15.2 Å². The molecule has 7 nitrogen and oxygen atoms in total. The first kappa shape index (κ1) is 16.3. The van der Waals surface area contributed by atoms with Crippen LogP contribution in [-0.2, 0) is 18.2 Å². The molecular formula is C7H18O7P2. The average molecular weight is 276 g/mol. The summed E-state index contributed by atoms with van der Waals surface area (Å²) in [5.41, 5.74) is 0. The molecule has 16 heavy (non-hydrogen) atoms. The molecule has 9 heteroatoms. The number of unbranched alkanes of at least 4 members (excludes halogenated alkanes) is 1. The Morgan fingerprint density at radius 1 is 1.12 bits per heavy atom. The van der Waals surface area contributed by atoms with E-state index in [1.165, 1.54) is 0 Å². The Morgan fingerprint density at radius 2 is 1.50 bits per heavy atom. The Morgan fingerprint density at radius 3 is 1.75 bits per heavy atom. The van der Waals surface area contributed by atoms with Gasteiger partial charge in [-0.15, -0.1) is 0 Å². The summed E-state index contributed by atoms with van der Waals surface area (Å²) in [4.78, 5) is 18.8. The zero-order valence-electron chi connectivity index (χ0n) is 9.49. The molecule has 0 aromatic carbocycles. The molecule has 0 aromatic rings. The molecular weight excluding hydrogens is 258 g/mol. The lowest BCUT2D eigenvalue weighted by Gasteiger charge is -2.32. The molecule has 3 N–H and O–H groups in total. The highest BCUT2D eigenvalue weighted by atomic mass is 31.2. The van der Waals surface area contributed by atoms with Crippen LogP contribution >= 0.6 is 15.2 Å². The minimum absolute atomic E-state index is 0.290. The largest absolute Gasteiger partial charge is 0.371 e. The molecule has 0 amide bonds. The predicted molar refractivity (Wildman–Crippen MR) is 58.1 cm³/mol. The third-order valence-electron chi connectivity index (χ3n) is 2.27. The van der Waals surface area contributed by atoms with E-state index in [-0.39, 0.29) is 6.42 Å². The molecule has 0 aliphatic heterocycles. The van der Waals surface area contributed by atoms with E-state index >= 15 is 0 Å². The Labute approximate surface area is 94.5 Å². The van der Waals surface area contributed by atoms with Crippen molar-refractivity contribution in [3.8, 4) is 0 Å². The Hall–Kier alpha value is 0.260. The van der Waals surface area contributed by atoms with Crippen LogP contribution in [0, 0.1) is 0 Å². The molecule has 0 aromatic heterocycles. The van der Waals surface area contributed by atoms with Gasteiger partial charge in [-0.2, -0.15) is 0 Å². The molecule has 0 rings (SSSR count). The van der Waals surface area contributed by atoms with Crippen LogP contribution < -0.4 is 0 Å². The lowest BCUT2D eigenvalue weighted by Crippen LogP contribution is -2.30. The van der Waals surface area contributed by atoms with Crippen LogP contribution in [0.25, 0.3) is 0 Å². The maximum atomic E-state index is 11.6. The van der Waals surface area contributed by atoms with E-state index in [9.17, 15) is 24.0 Å². The van der Waals surface area contributed by atoms with Crippen molar-refractivity contribution in [2.75, 3.05) is 14.2 Å². The van der Waals surface area contributed by atoms with Crippen LogP contribution in [0.2, 0.25) is 0 Å². The van der Waals surface area contributed by atoms with E-state index in [0.29, 0.717) is 12.8 Å². The molecule has 0 spiro atoms. The van der Waals surface area contributed by atoms with E-state index in [2.05, 4.69) is 9.05 Å². The van der Waals surface area contributed by atoms with Gasteiger partial charge in [-0.1, -0.05) is 13.3 Å². The topological polar surface area (TPSA) is 113 Å². The van der Waals surface area contributed by atoms with Crippen LogP contribution in [0.15, 0.2) is 0 Å². The first-order valence-corrected chi connectivity index (χ1v) is 7.83. The summed E-state index contributed by atoms with van der Waals surface area (Å²) in [6.45, 7) is 1.77. The summed E-state index contributed by atoms with van der Waals surface area (Å²) in [7, 11) is -7.53. The Balaban J connectivity index is 5.37. The minimum Gasteiger partial charge on any atom is -0.368 e. The standard InChI is InChI=1S/C7H18O7P2/c1-4-5-6-7(8,15(9,10)13-2)16(11,12)14-3/h8H,4-6H2,1-3H3,(H,9,10)(H,11,12). The van der Waals surface area contributed by atoms with Crippen LogP contribution in [0.5, 0.6) is 0 Å². The van der Waals surface area contributed by atoms with Gasteiger partial charge in [0.25, 0.3) is 5.08 Å². The zero-order chi connectivity index (χ0) is 13.0. The number of hydrogen-bond donors (Lipinski definition) is 3. The first-order valence-electron chi connectivity index (χ1n) is 4.68. The van der Waals surface area contributed by atoms with Crippen molar-refractivity contribution in [1.82, 2.24) is 0 Å². The molecule has 0 saturated carbocycles. The fraction of sp³-hybridized carbons (Fsp3) is 1.00. The predicted octanol–water partition coefficient (Wildman–Crippen LogP) is 1.49. The summed E-state index contributed by atoms with van der Waals surface area (Å²) >= 11 is 0. The van der Waals surface area contributed by atoms with Crippen LogP contribution in [0.4, 0.5) is 0 Å². The van der Waals surface area contributed by atoms with Crippen molar-refractivity contribution in [2.45, 2.75) is 31.3 Å². The Bertz CT molecular complexity index is 292. The maximum Gasteiger partial charge on any atom is 0.371 e. The molecule has 0 fully saturated rings. The van der Waals surface area contributed by atoms with E-state index < -0.39 is 20.3 Å². The third kappa shape index (κ3) is 2.93. The molecule has 0 heterocycles. The van der Waals surface area contributed by atoms with E-state index in [1.807, 2.05) is 0 Å². The summed E-state index contributed by atoms with van der Waals surface area (Å²) < 4.78 is 31.6. The van der Waals surface area contributed by atoms with Gasteiger partial charge in [0, 0.05) is 14.2 Å². The molecule has 0 saturated heterocycles. The van der Waals surface area contributed by atoms with Gasteiger partial charge < -0.3 is 23.9 Å². The quantitative estimate of drug-likeness (QED) is 0.603. The van der Waals surface area contributed by atoms with Crippen molar-refractivity contribution in [3.63, 3.8) is 0 Å². The van der Waals surface area contributed by atoms with Crippen LogP contribution in [0.1, 0.15) is 26.2 Å². The second-order valence-corrected chi connectivity index (χ2v) is 7.93. The van der Waals surface area contributed by atoms with Gasteiger partial charge in [0.05, 0.1) is 0 Å². The third-order valence-corrected chi connectivity index (χ3v) is 7.03. The minimum atomic E-state index is -4.65. The zero-order valence-corrected chi connectivity index (χ0v) is 11.3. The summed E-state index contributed by atoms with van der Waals surface area (Å²) in [5.74, 6) is 0. The second kappa shape index (κ2) is 5.74. The number of aliphatic hydroxyl groups is 1. The van der Waals surface area contributed by atoms with E-state index in [4.69, 9.17) is 0 Å².